The maximum absolute atomic E-state index is 6.59. The highest BCUT2D eigenvalue weighted by Gasteiger charge is 2.42. The van der Waals surface area contributed by atoms with Crippen molar-refractivity contribution in [3.63, 3.8) is 0 Å². The summed E-state index contributed by atoms with van der Waals surface area (Å²) in [7, 11) is 1.67. The number of halogens is 1. The van der Waals surface area contributed by atoms with E-state index in [0.717, 1.165) is 39.8 Å². The van der Waals surface area contributed by atoms with E-state index in [1.807, 2.05) is 66.9 Å². The van der Waals surface area contributed by atoms with Crippen LogP contribution in [-0.4, -0.2) is 21.8 Å². The molecule has 3 heterocycles. The van der Waals surface area contributed by atoms with Gasteiger partial charge in [0.1, 0.15) is 5.75 Å². The molecule has 1 saturated heterocycles. The Bertz CT molecular complexity index is 1350. The normalized spacial score (nSPS) is 17.6. The molecule has 4 aromatic rings. The minimum atomic E-state index is -0.125. The van der Waals surface area contributed by atoms with Crippen LogP contribution in [-0.2, 0) is 0 Å². The van der Waals surface area contributed by atoms with Crippen molar-refractivity contribution in [3.8, 4) is 11.4 Å². The summed E-state index contributed by atoms with van der Waals surface area (Å²) in [5.41, 5.74) is 6.22. The highest BCUT2D eigenvalue weighted by atomic mass is 35.5. The Balaban J connectivity index is 1.70. The number of methoxy groups -OCH3 is 1. The number of nitrogens with zero attached hydrogens (tertiary/aromatic N) is 3. The Kier molecular flexibility index (Phi) is 6.02. The predicted molar refractivity (Wildman–Crippen MR) is 141 cm³/mol. The van der Waals surface area contributed by atoms with E-state index in [1.165, 1.54) is 0 Å². The van der Waals surface area contributed by atoms with Gasteiger partial charge in [0, 0.05) is 29.3 Å². The Hall–Kier alpha value is -3.35. The lowest BCUT2D eigenvalue weighted by Gasteiger charge is -2.28. The number of aryl methyl sites for hydroxylation is 1. The van der Waals surface area contributed by atoms with E-state index in [4.69, 9.17) is 28.6 Å². The van der Waals surface area contributed by atoms with Gasteiger partial charge in [0.15, 0.2) is 5.11 Å². The van der Waals surface area contributed by atoms with E-state index in [-0.39, 0.29) is 12.1 Å². The SMILES string of the molecule is COc1cccc(N2C(=S)N[C@H](c3ccccn3)[C@@H]2c2cc(C)n(-c3ccccc3Cl)c2C)c1. The lowest BCUT2D eigenvalue weighted by Crippen LogP contribution is -2.29. The van der Waals surface area contributed by atoms with Gasteiger partial charge in [-0.2, -0.15) is 0 Å². The van der Waals surface area contributed by atoms with Crippen molar-refractivity contribution < 1.29 is 4.74 Å². The van der Waals surface area contributed by atoms with Crippen molar-refractivity contribution in [1.82, 2.24) is 14.9 Å². The number of pyridine rings is 1. The molecule has 2 aromatic carbocycles. The summed E-state index contributed by atoms with van der Waals surface area (Å²) >= 11 is 12.5. The molecule has 2 atom stereocenters. The van der Waals surface area contributed by atoms with Gasteiger partial charge in [-0.3, -0.25) is 4.98 Å². The summed E-state index contributed by atoms with van der Waals surface area (Å²) < 4.78 is 7.71. The molecule has 5 nitrogen and oxygen atoms in total. The number of aromatic nitrogens is 2. The Morgan fingerprint density at radius 1 is 1.00 bits per heavy atom. The molecule has 0 unspecified atom stereocenters. The molecule has 1 fully saturated rings. The second-order valence-corrected chi connectivity index (χ2v) is 9.11. The molecule has 1 N–H and O–H groups in total. The van der Waals surface area contributed by atoms with Gasteiger partial charge in [-0.25, -0.2) is 0 Å². The fourth-order valence-corrected chi connectivity index (χ4v) is 5.37. The van der Waals surface area contributed by atoms with Gasteiger partial charge in [0.05, 0.1) is 35.6 Å². The third-order valence-corrected chi connectivity index (χ3v) is 6.95. The topological polar surface area (TPSA) is 42.3 Å². The number of thiocarbonyl (C=S) groups is 1. The van der Waals surface area contributed by atoms with Gasteiger partial charge in [-0.15, -0.1) is 0 Å². The van der Waals surface area contributed by atoms with E-state index < -0.39 is 0 Å². The molecule has 0 radical (unpaired) electrons. The molecule has 7 heteroatoms. The van der Waals surface area contributed by atoms with Gasteiger partial charge in [0.2, 0.25) is 0 Å². The fraction of sp³-hybridized carbons (Fsp3) is 0.185. The maximum atomic E-state index is 6.59. The van der Waals surface area contributed by atoms with E-state index >= 15 is 0 Å². The first-order valence-electron chi connectivity index (χ1n) is 11.1. The summed E-state index contributed by atoms with van der Waals surface area (Å²) in [5.74, 6) is 0.780. The van der Waals surface area contributed by atoms with Gasteiger partial charge < -0.3 is 19.5 Å². The Morgan fingerprint density at radius 2 is 1.79 bits per heavy atom. The minimum Gasteiger partial charge on any atom is -0.497 e. The molecular formula is C27H25ClN4OS. The standard InChI is InChI=1S/C27H25ClN4OS/c1-17-15-21(18(2)31(17)24-13-5-4-11-22(24)28)26-25(23-12-6-7-14-29-23)30-27(34)32(26)19-9-8-10-20(16-19)33-3/h4-16,25-26H,1-3H3,(H,30,34)/t25-,26+/m1/s1. The first-order valence-corrected chi connectivity index (χ1v) is 11.9. The van der Waals surface area contributed by atoms with Crippen LogP contribution in [0.2, 0.25) is 5.02 Å². The molecule has 0 aliphatic carbocycles. The van der Waals surface area contributed by atoms with Gasteiger partial charge in [-0.1, -0.05) is 35.9 Å². The highest BCUT2D eigenvalue weighted by molar-refractivity contribution is 7.80. The highest BCUT2D eigenvalue weighted by Crippen LogP contribution is 2.44. The third-order valence-electron chi connectivity index (χ3n) is 6.31. The van der Waals surface area contributed by atoms with Crippen molar-refractivity contribution >= 4 is 34.6 Å². The van der Waals surface area contributed by atoms with E-state index in [1.54, 1.807) is 7.11 Å². The molecule has 0 amide bonds. The van der Waals surface area contributed by atoms with E-state index in [0.29, 0.717) is 10.1 Å². The zero-order chi connectivity index (χ0) is 23.8. The fourth-order valence-electron chi connectivity index (χ4n) is 4.80. The first-order chi connectivity index (χ1) is 16.5. The van der Waals surface area contributed by atoms with Crippen LogP contribution in [0.5, 0.6) is 5.75 Å². The van der Waals surface area contributed by atoms with E-state index in [9.17, 15) is 0 Å². The second kappa shape index (κ2) is 9.12. The van der Waals surface area contributed by atoms with Crippen LogP contribution in [0.15, 0.2) is 79.0 Å². The number of para-hydroxylation sites is 1. The maximum Gasteiger partial charge on any atom is 0.174 e. The van der Waals surface area contributed by atoms with Crippen LogP contribution in [0.3, 0.4) is 0 Å². The molecule has 0 bridgehead atoms. The van der Waals surface area contributed by atoms with Crippen LogP contribution in [0.25, 0.3) is 5.69 Å². The third kappa shape index (κ3) is 3.83. The van der Waals surface area contributed by atoms with Gasteiger partial charge in [0.25, 0.3) is 0 Å². The van der Waals surface area contributed by atoms with Crippen LogP contribution in [0.1, 0.15) is 34.7 Å². The Labute approximate surface area is 210 Å². The first kappa shape index (κ1) is 22.4. The molecule has 172 valence electrons. The van der Waals surface area contributed by atoms with Crippen molar-refractivity contribution in [2.75, 3.05) is 12.0 Å². The molecule has 1 aliphatic heterocycles. The number of ether oxygens (including phenoxy) is 1. The number of hydrogen-bond donors (Lipinski definition) is 1. The van der Waals surface area contributed by atoms with Crippen molar-refractivity contribution in [2.45, 2.75) is 25.9 Å². The lowest BCUT2D eigenvalue weighted by molar-refractivity contribution is 0.415. The number of rotatable bonds is 5. The summed E-state index contributed by atoms with van der Waals surface area (Å²) in [6.07, 6.45) is 1.82. The van der Waals surface area contributed by atoms with Crippen LogP contribution in [0, 0.1) is 13.8 Å². The van der Waals surface area contributed by atoms with Crippen LogP contribution < -0.4 is 15.0 Å². The lowest BCUT2D eigenvalue weighted by atomic mass is 9.96. The molecular weight excluding hydrogens is 464 g/mol. The number of benzene rings is 2. The Morgan fingerprint density at radius 3 is 2.53 bits per heavy atom. The minimum absolute atomic E-state index is 0.114. The zero-order valence-electron chi connectivity index (χ0n) is 19.2. The summed E-state index contributed by atoms with van der Waals surface area (Å²) in [5, 5.41) is 4.89. The summed E-state index contributed by atoms with van der Waals surface area (Å²) in [6, 6.07) is 23.8. The summed E-state index contributed by atoms with van der Waals surface area (Å²) in [4.78, 5) is 6.83. The molecule has 1 aliphatic rings. The number of hydrogen-bond acceptors (Lipinski definition) is 3. The number of anilines is 1. The number of nitrogens with one attached hydrogen (secondary N) is 1. The average Bonchev–Trinajstić information content (AvgIpc) is 3.35. The average molecular weight is 489 g/mol. The smallest absolute Gasteiger partial charge is 0.174 e. The van der Waals surface area contributed by atoms with Gasteiger partial charge in [-0.05, 0) is 74.1 Å². The molecule has 34 heavy (non-hydrogen) atoms. The van der Waals surface area contributed by atoms with Gasteiger partial charge >= 0.3 is 0 Å². The van der Waals surface area contributed by atoms with E-state index in [2.05, 4.69) is 45.7 Å². The van der Waals surface area contributed by atoms with Crippen molar-refractivity contribution in [3.05, 3.63) is 107 Å². The predicted octanol–water partition coefficient (Wildman–Crippen LogP) is 6.33. The van der Waals surface area contributed by atoms with Crippen molar-refractivity contribution in [2.24, 2.45) is 0 Å². The molecule has 0 saturated carbocycles. The molecule has 0 spiro atoms. The van der Waals surface area contributed by atoms with Crippen LogP contribution in [0.4, 0.5) is 5.69 Å². The second-order valence-electron chi connectivity index (χ2n) is 8.31. The zero-order valence-corrected chi connectivity index (χ0v) is 20.8. The summed E-state index contributed by atoms with van der Waals surface area (Å²) in [6.45, 7) is 4.23. The molecule has 5 rings (SSSR count). The quantitative estimate of drug-likeness (QED) is 0.332. The monoisotopic (exact) mass is 488 g/mol. The largest absolute Gasteiger partial charge is 0.497 e. The van der Waals surface area contributed by atoms with Crippen LogP contribution >= 0.6 is 23.8 Å². The van der Waals surface area contributed by atoms with Crippen molar-refractivity contribution in [1.29, 1.82) is 0 Å². The molecule has 2 aromatic heterocycles.